The van der Waals surface area contributed by atoms with E-state index in [1.807, 2.05) is 45.0 Å². The van der Waals surface area contributed by atoms with Crippen molar-refractivity contribution in [2.24, 2.45) is 5.92 Å². The van der Waals surface area contributed by atoms with Gasteiger partial charge in [0.05, 0.1) is 6.10 Å². The number of carbonyl (C=O) groups excluding carboxylic acids is 2. The Bertz CT molecular complexity index is 1140. The van der Waals surface area contributed by atoms with Gasteiger partial charge in [-0.15, -0.1) is 0 Å². The summed E-state index contributed by atoms with van der Waals surface area (Å²) in [4.78, 5) is 29.9. The van der Waals surface area contributed by atoms with Gasteiger partial charge in [0.1, 0.15) is 5.60 Å². The number of ketones is 1. The number of hydrogen-bond donors (Lipinski definition) is 0. The summed E-state index contributed by atoms with van der Waals surface area (Å²) in [5, 5.41) is 0.0505. The van der Waals surface area contributed by atoms with Gasteiger partial charge in [0.25, 0.3) is 0 Å². The monoisotopic (exact) mass is 594 g/mol. The topological polar surface area (TPSA) is 59.1 Å². The smallest absolute Gasteiger partial charge is 0.410 e. The fourth-order valence-electron chi connectivity index (χ4n) is 5.02. The molecule has 7 heteroatoms. The van der Waals surface area contributed by atoms with E-state index in [1.54, 1.807) is 11.9 Å². The number of ether oxygens (including phenoxy) is 1. The third-order valence-corrected chi connectivity index (χ3v) is 13.2. The Kier molecular flexibility index (Phi) is 11.6. The standard InChI is InChI=1S/C35H54N2O4Si/c1-34(2,3)40-33(39)36(7)22-21-32(41-42(8,9)35(4,5)6)30-17-15-29(16-18-30)31(38)25-27-19-23-37(24-20-27)26-28-13-11-10-12-14-28/h10-18,27,32H,19-26H2,1-9H3. The molecule has 1 aliphatic heterocycles. The molecular weight excluding hydrogens is 540 g/mol. The second-order valence-corrected chi connectivity index (χ2v) is 19.3. The van der Waals surface area contributed by atoms with E-state index >= 15 is 0 Å². The van der Waals surface area contributed by atoms with Gasteiger partial charge in [-0.25, -0.2) is 4.79 Å². The molecule has 1 amide bonds. The third kappa shape index (κ3) is 10.4. The first-order chi connectivity index (χ1) is 19.5. The summed E-state index contributed by atoms with van der Waals surface area (Å²) in [6.07, 6.45) is 2.86. The van der Waals surface area contributed by atoms with E-state index in [2.05, 4.69) is 69.1 Å². The van der Waals surface area contributed by atoms with Crippen molar-refractivity contribution >= 4 is 20.2 Å². The molecule has 1 unspecified atom stereocenters. The van der Waals surface area contributed by atoms with Gasteiger partial charge in [-0.3, -0.25) is 9.69 Å². The molecule has 1 saturated heterocycles. The molecule has 42 heavy (non-hydrogen) atoms. The van der Waals surface area contributed by atoms with Crippen LogP contribution in [0.1, 0.15) is 94.8 Å². The van der Waals surface area contributed by atoms with Crippen molar-refractivity contribution in [2.75, 3.05) is 26.7 Å². The first-order valence-electron chi connectivity index (χ1n) is 15.6. The van der Waals surface area contributed by atoms with Crippen LogP contribution < -0.4 is 0 Å². The van der Waals surface area contributed by atoms with Crippen LogP contribution in [-0.2, 0) is 15.7 Å². The summed E-state index contributed by atoms with van der Waals surface area (Å²) in [7, 11) is -0.320. The average Bonchev–Trinajstić information content (AvgIpc) is 2.91. The van der Waals surface area contributed by atoms with E-state index in [0.29, 0.717) is 25.3 Å². The Balaban J connectivity index is 1.61. The van der Waals surface area contributed by atoms with Gasteiger partial charge in [0.2, 0.25) is 0 Å². The van der Waals surface area contributed by atoms with Gasteiger partial charge in [0.15, 0.2) is 14.1 Å². The van der Waals surface area contributed by atoms with Gasteiger partial charge in [0, 0.05) is 32.1 Å². The van der Waals surface area contributed by atoms with Gasteiger partial charge >= 0.3 is 6.09 Å². The van der Waals surface area contributed by atoms with Crippen molar-refractivity contribution in [3.8, 4) is 0 Å². The molecule has 6 nitrogen and oxygen atoms in total. The molecule has 0 saturated carbocycles. The molecule has 0 aliphatic carbocycles. The fourth-order valence-corrected chi connectivity index (χ4v) is 6.34. The molecule has 0 N–H and O–H groups in total. The molecule has 2 aromatic carbocycles. The minimum Gasteiger partial charge on any atom is -0.444 e. The molecule has 2 aromatic rings. The number of hydrogen-bond acceptors (Lipinski definition) is 5. The molecule has 1 aliphatic rings. The zero-order valence-corrected chi connectivity index (χ0v) is 28.5. The maximum Gasteiger partial charge on any atom is 0.410 e. The largest absolute Gasteiger partial charge is 0.444 e. The fraction of sp³-hybridized carbons (Fsp3) is 0.600. The number of benzene rings is 2. The molecule has 0 spiro atoms. The first-order valence-corrected chi connectivity index (χ1v) is 18.5. The van der Waals surface area contributed by atoms with Gasteiger partial charge < -0.3 is 14.1 Å². The summed E-state index contributed by atoms with van der Waals surface area (Å²) in [5.74, 6) is 0.650. The summed E-state index contributed by atoms with van der Waals surface area (Å²) in [6.45, 7) is 20.4. The highest BCUT2D eigenvalue weighted by Gasteiger charge is 2.39. The zero-order valence-electron chi connectivity index (χ0n) is 27.5. The lowest BCUT2D eigenvalue weighted by molar-refractivity contribution is 0.0275. The molecule has 0 bridgehead atoms. The van der Waals surface area contributed by atoms with Crippen molar-refractivity contribution in [1.82, 2.24) is 9.80 Å². The van der Waals surface area contributed by atoms with E-state index < -0.39 is 13.9 Å². The molecule has 0 aromatic heterocycles. The average molecular weight is 595 g/mol. The van der Waals surface area contributed by atoms with Crippen LogP contribution in [0.5, 0.6) is 0 Å². The van der Waals surface area contributed by atoms with E-state index in [-0.39, 0.29) is 23.0 Å². The van der Waals surface area contributed by atoms with Crippen LogP contribution in [0, 0.1) is 5.92 Å². The first kappa shape index (κ1) is 34.0. The Morgan fingerprint density at radius 3 is 2.10 bits per heavy atom. The number of amides is 1. The van der Waals surface area contributed by atoms with Crippen molar-refractivity contribution in [3.05, 3.63) is 71.3 Å². The third-order valence-electron chi connectivity index (χ3n) is 8.71. The van der Waals surface area contributed by atoms with E-state index in [9.17, 15) is 9.59 Å². The van der Waals surface area contributed by atoms with Crippen molar-refractivity contribution in [2.45, 2.75) is 104 Å². The highest BCUT2D eigenvalue weighted by molar-refractivity contribution is 6.74. The molecule has 1 atom stereocenters. The molecule has 1 fully saturated rings. The van der Waals surface area contributed by atoms with Crippen LogP contribution >= 0.6 is 0 Å². The van der Waals surface area contributed by atoms with Crippen LogP contribution in [0.3, 0.4) is 0 Å². The Morgan fingerprint density at radius 1 is 0.952 bits per heavy atom. The summed E-state index contributed by atoms with van der Waals surface area (Å²) >= 11 is 0. The molecule has 3 rings (SSSR count). The minimum absolute atomic E-state index is 0.0505. The highest BCUT2D eigenvalue weighted by atomic mass is 28.4. The van der Waals surface area contributed by atoms with Crippen LogP contribution in [0.2, 0.25) is 18.1 Å². The van der Waals surface area contributed by atoms with Crippen LogP contribution in [0.25, 0.3) is 0 Å². The SMILES string of the molecule is CN(CCC(O[Si](C)(C)C(C)(C)C)c1ccc(C(=O)CC2CCN(Cc3ccccc3)CC2)cc1)C(=O)OC(C)(C)C. The number of nitrogens with zero attached hydrogens (tertiary/aromatic N) is 2. The molecule has 232 valence electrons. The van der Waals surface area contributed by atoms with Crippen LogP contribution in [0.4, 0.5) is 4.79 Å². The predicted molar refractivity (Wildman–Crippen MR) is 174 cm³/mol. The summed E-state index contributed by atoms with van der Waals surface area (Å²) in [6, 6.07) is 18.6. The van der Waals surface area contributed by atoms with Crippen molar-refractivity contribution < 1.29 is 18.8 Å². The normalized spacial score (nSPS) is 16.2. The number of rotatable bonds is 11. The Morgan fingerprint density at radius 2 is 1.55 bits per heavy atom. The Labute approximate surface area is 255 Å². The number of Topliss-reactive ketones (excluding diaryl/α,β-unsaturated/α-hetero) is 1. The van der Waals surface area contributed by atoms with Gasteiger partial charge in [-0.05, 0) is 88.3 Å². The number of piperidine rings is 1. The van der Waals surface area contributed by atoms with Crippen LogP contribution in [0.15, 0.2) is 54.6 Å². The molecular formula is C35H54N2O4Si. The number of carbonyl (C=O) groups is 2. The second-order valence-electron chi connectivity index (χ2n) is 14.5. The molecule has 1 heterocycles. The lowest BCUT2D eigenvalue weighted by Gasteiger charge is -2.40. The minimum atomic E-state index is -2.09. The lowest BCUT2D eigenvalue weighted by atomic mass is 9.89. The maximum atomic E-state index is 13.2. The van der Waals surface area contributed by atoms with E-state index in [0.717, 1.165) is 43.6 Å². The van der Waals surface area contributed by atoms with Crippen molar-refractivity contribution in [1.29, 1.82) is 0 Å². The lowest BCUT2D eigenvalue weighted by Crippen LogP contribution is -2.42. The van der Waals surface area contributed by atoms with Gasteiger partial charge in [-0.1, -0.05) is 75.4 Å². The Hall–Kier alpha value is -2.48. The van der Waals surface area contributed by atoms with Crippen molar-refractivity contribution in [3.63, 3.8) is 0 Å². The predicted octanol–water partition coefficient (Wildman–Crippen LogP) is 8.49. The van der Waals surface area contributed by atoms with E-state index in [4.69, 9.17) is 9.16 Å². The van der Waals surface area contributed by atoms with Crippen LogP contribution in [-0.4, -0.2) is 62.3 Å². The number of likely N-dealkylation sites (tertiary alicyclic amines) is 1. The molecule has 0 radical (unpaired) electrons. The second kappa shape index (κ2) is 14.3. The quantitative estimate of drug-likeness (QED) is 0.193. The summed E-state index contributed by atoms with van der Waals surface area (Å²) in [5.41, 5.74) is 2.62. The highest BCUT2D eigenvalue weighted by Crippen LogP contribution is 2.40. The van der Waals surface area contributed by atoms with E-state index in [1.165, 1.54) is 5.56 Å². The zero-order chi connectivity index (χ0) is 31.1. The maximum absolute atomic E-state index is 13.2. The summed E-state index contributed by atoms with van der Waals surface area (Å²) < 4.78 is 12.4. The van der Waals surface area contributed by atoms with Gasteiger partial charge in [-0.2, -0.15) is 0 Å².